The summed E-state index contributed by atoms with van der Waals surface area (Å²) in [5.41, 5.74) is 13.0. The van der Waals surface area contributed by atoms with E-state index >= 15 is 0 Å². The topological polar surface area (TPSA) is 175 Å². The number of nitro groups is 1. The molecule has 0 unspecified atom stereocenters. The number of nitrogens with one attached hydrogen (secondary N) is 1. The number of H-pyrrole nitrogens is 1. The Kier molecular flexibility index (Phi) is 6.09. The highest BCUT2D eigenvalue weighted by molar-refractivity contribution is 5.85. The fraction of sp³-hybridized carbons (Fsp3) is 0.200. The van der Waals surface area contributed by atoms with Crippen LogP contribution in [-0.4, -0.2) is 39.0 Å². The third kappa shape index (κ3) is 4.62. The standard InChI is InChI=1S/C20H20N4O6/c21-14(19(25)26)7-11-5-6-18(17(8-11)24(28)29)30-20(27)15(22)9-12-10-23-16-4-2-1-3-13(12)16/h1-6,8,10,14-15,23H,7,9,21-22H2,(H,25,26)/t14-,15-/m0/s1. The van der Waals surface area contributed by atoms with Gasteiger partial charge in [0.25, 0.3) is 0 Å². The molecule has 0 saturated carbocycles. The largest absolute Gasteiger partial charge is 0.480 e. The second-order valence-corrected chi connectivity index (χ2v) is 6.80. The van der Waals surface area contributed by atoms with Crippen molar-refractivity contribution >= 4 is 28.5 Å². The molecule has 3 aromatic rings. The van der Waals surface area contributed by atoms with Crippen molar-refractivity contribution < 1.29 is 24.4 Å². The number of aromatic amines is 1. The highest BCUT2D eigenvalue weighted by Crippen LogP contribution is 2.29. The molecule has 0 saturated heterocycles. The number of carboxylic acids is 1. The van der Waals surface area contributed by atoms with Gasteiger partial charge in [-0.3, -0.25) is 14.9 Å². The maximum Gasteiger partial charge on any atom is 0.328 e. The molecular weight excluding hydrogens is 392 g/mol. The lowest BCUT2D eigenvalue weighted by Crippen LogP contribution is -2.36. The quantitative estimate of drug-likeness (QED) is 0.186. The number of carbonyl (C=O) groups excluding carboxylic acids is 1. The van der Waals surface area contributed by atoms with Gasteiger partial charge < -0.3 is 26.3 Å². The number of carbonyl (C=O) groups is 2. The molecule has 0 radical (unpaired) electrons. The third-order valence-corrected chi connectivity index (χ3v) is 4.62. The van der Waals surface area contributed by atoms with E-state index in [9.17, 15) is 19.7 Å². The summed E-state index contributed by atoms with van der Waals surface area (Å²) in [7, 11) is 0. The molecule has 6 N–H and O–H groups in total. The van der Waals surface area contributed by atoms with Gasteiger partial charge in [0.2, 0.25) is 5.75 Å². The summed E-state index contributed by atoms with van der Waals surface area (Å²) in [4.78, 5) is 37.0. The van der Waals surface area contributed by atoms with Gasteiger partial charge in [0, 0.05) is 29.6 Å². The maximum absolute atomic E-state index is 12.4. The Bertz CT molecular complexity index is 1110. The minimum atomic E-state index is -1.23. The number of aliphatic carboxylic acids is 1. The number of benzene rings is 2. The molecule has 2 atom stereocenters. The Hall–Kier alpha value is -3.76. The number of nitro benzene ring substituents is 1. The number of esters is 1. The highest BCUT2D eigenvalue weighted by Gasteiger charge is 2.24. The van der Waals surface area contributed by atoms with E-state index in [0.717, 1.165) is 22.5 Å². The Morgan fingerprint density at radius 3 is 2.57 bits per heavy atom. The van der Waals surface area contributed by atoms with Crippen LogP contribution in [0.3, 0.4) is 0 Å². The first-order valence-electron chi connectivity index (χ1n) is 9.04. The molecule has 1 aromatic heterocycles. The van der Waals surface area contributed by atoms with E-state index in [1.807, 2.05) is 24.3 Å². The molecule has 0 aliphatic heterocycles. The van der Waals surface area contributed by atoms with Gasteiger partial charge in [0.15, 0.2) is 0 Å². The number of hydrogen-bond donors (Lipinski definition) is 4. The van der Waals surface area contributed by atoms with Crippen molar-refractivity contribution in [3.63, 3.8) is 0 Å². The molecule has 0 fully saturated rings. The zero-order valence-corrected chi connectivity index (χ0v) is 15.8. The van der Waals surface area contributed by atoms with Crippen molar-refractivity contribution in [2.45, 2.75) is 24.9 Å². The lowest BCUT2D eigenvalue weighted by atomic mass is 10.0. The predicted octanol–water partition coefficient (Wildman–Crippen LogP) is 1.51. The summed E-state index contributed by atoms with van der Waals surface area (Å²) >= 11 is 0. The number of ether oxygens (including phenoxy) is 1. The molecular formula is C20H20N4O6. The number of aromatic nitrogens is 1. The van der Waals surface area contributed by atoms with E-state index in [2.05, 4.69) is 4.98 Å². The summed E-state index contributed by atoms with van der Waals surface area (Å²) in [5.74, 6) is -2.32. The van der Waals surface area contributed by atoms with Crippen molar-refractivity contribution in [1.29, 1.82) is 0 Å². The average molecular weight is 412 g/mol. The third-order valence-electron chi connectivity index (χ3n) is 4.62. The first-order valence-corrected chi connectivity index (χ1v) is 9.04. The van der Waals surface area contributed by atoms with E-state index < -0.39 is 34.6 Å². The van der Waals surface area contributed by atoms with Crippen LogP contribution in [0.5, 0.6) is 5.75 Å². The Morgan fingerprint density at radius 2 is 1.87 bits per heavy atom. The fourth-order valence-electron chi connectivity index (χ4n) is 3.06. The zero-order chi connectivity index (χ0) is 21.8. The smallest absolute Gasteiger partial charge is 0.328 e. The van der Waals surface area contributed by atoms with Gasteiger partial charge in [-0.05, 0) is 29.7 Å². The normalized spacial score (nSPS) is 13.0. The first-order chi connectivity index (χ1) is 14.3. The van der Waals surface area contributed by atoms with Crippen LogP contribution in [0.2, 0.25) is 0 Å². The molecule has 1 heterocycles. The molecule has 0 bridgehead atoms. The van der Waals surface area contributed by atoms with Gasteiger partial charge in [-0.1, -0.05) is 24.3 Å². The number of nitrogens with two attached hydrogens (primary N) is 2. The lowest BCUT2D eigenvalue weighted by molar-refractivity contribution is -0.385. The Morgan fingerprint density at radius 1 is 1.13 bits per heavy atom. The molecule has 10 nitrogen and oxygen atoms in total. The van der Waals surface area contributed by atoms with Crippen molar-refractivity contribution in [3.8, 4) is 5.75 Å². The number of rotatable bonds is 8. The monoisotopic (exact) mass is 412 g/mol. The van der Waals surface area contributed by atoms with Crippen LogP contribution in [0.4, 0.5) is 5.69 Å². The van der Waals surface area contributed by atoms with Gasteiger partial charge in [-0.15, -0.1) is 0 Å². The van der Waals surface area contributed by atoms with Crippen molar-refractivity contribution in [2.24, 2.45) is 11.5 Å². The van der Waals surface area contributed by atoms with E-state index in [1.54, 1.807) is 6.20 Å². The van der Waals surface area contributed by atoms with Crippen LogP contribution in [-0.2, 0) is 22.4 Å². The van der Waals surface area contributed by atoms with E-state index in [4.69, 9.17) is 21.3 Å². The summed E-state index contributed by atoms with van der Waals surface area (Å²) in [6.07, 6.45) is 1.83. The van der Waals surface area contributed by atoms with Crippen LogP contribution >= 0.6 is 0 Å². The summed E-state index contributed by atoms with van der Waals surface area (Å²) in [6.45, 7) is 0. The highest BCUT2D eigenvalue weighted by atomic mass is 16.6. The van der Waals surface area contributed by atoms with Gasteiger partial charge >= 0.3 is 17.6 Å². The average Bonchev–Trinajstić information content (AvgIpc) is 3.11. The molecule has 30 heavy (non-hydrogen) atoms. The van der Waals surface area contributed by atoms with Gasteiger partial charge in [-0.25, -0.2) is 4.79 Å². The van der Waals surface area contributed by atoms with Crippen molar-refractivity contribution in [1.82, 2.24) is 4.98 Å². The Balaban J connectivity index is 1.74. The molecule has 0 spiro atoms. The zero-order valence-electron chi connectivity index (χ0n) is 15.8. The summed E-state index contributed by atoms with van der Waals surface area (Å²) < 4.78 is 5.17. The van der Waals surface area contributed by atoms with Crippen LogP contribution in [0, 0.1) is 10.1 Å². The van der Waals surface area contributed by atoms with Crippen LogP contribution in [0.1, 0.15) is 11.1 Å². The van der Waals surface area contributed by atoms with Gasteiger partial charge in [0.05, 0.1) is 4.92 Å². The lowest BCUT2D eigenvalue weighted by Gasteiger charge is -2.12. The molecule has 0 aliphatic rings. The van der Waals surface area contributed by atoms with E-state index in [-0.39, 0.29) is 18.6 Å². The summed E-state index contributed by atoms with van der Waals surface area (Å²) in [6, 6.07) is 9.08. The van der Waals surface area contributed by atoms with Crippen molar-refractivity contribution in [2.75, 3.05) is 0 Å². The number of para-hydroxylation sites is 1. The predicted molar refractivity (Wildman–Crippen MR) is 108 cm³/mol. The fourth-order valence-corrected chi connectivity index (χ4v) is 3.06. The molecule has 2 aromatic carbocycles. The van der Waals surface area contributed by atoms with Crippen molar-refractivity contribution in [3.05, 3.63) is 69.9 Å². The molecule has 10 heteroatoms. The number of fused-ring (bicyclic) bond motifs is 1. The molecule has 156 valence electrons. The minimum Gasteiger partial charge on any atom is -0.480 e. The van der Waals surface area contributed by atoms with Crippen LogP contribution in [0.15, 0.2) is 48.7 Å². The van der Waals surface area contributed by atoms with E-state index in [1.165, 1.54) is 12.1 Å². The second-order valence-electron chi connectivity index (χ2n) is 6.80. The molecule has 0 aliphatic carbocycles. The number of nitrogens with zero attached hydrogens (tertiary/aromatic N) is 1. The number of carboxylic acid groups (broad SMARTS) is 1. The van der Waals surface area contributed by atoms with Crippen LogP contribution in [0.25, 0.3) is 10.9 Å². The summed E-state index contributed by atoms with van der Waals surface area (Å²) in [5, 5.41) is 21.2. The van der Waals surface area contributed by atoms with Gasteiger partial charge in [0.1, 0.15) is 12.1 Å². The SMILES string of the molecule is N[C@@H](Cc1ccc(OC(=O)[C@@H](N)Cc2c[nH]c3ccccc23)c([N+](=O)[O-])c1)C(=O)O. The molecule has 0 amide bonds. The van der Waals surface area contributed by atoms with Gasteiger partial charge in [-0.2, -0.15) is 0 Å². The van der Waals surface area contributed by atoms with Crippen LogP contribution < -0.4 is 16.2 Å². The first kappa shape index (κ1) is 21.0. The molecule has 3 rings (SSSR count). The minimum absolute atomic E-state index is 0.107. The Labute approximate surface area is 170 Å². The van der Waals surface area contributed by atoms with E-state index in [0.29, 0.717) is 5.56 Å². The second kappa shape index (κ2) is 8.72. The number of hydrogen-bond acceptors (Lipinski definition) is 7. The maximum atomic E-state index is 12.4.